The summed E-state index contributed by atoms with van der Waals surface area (Å²) in [6.07, 6.45) is 0. The maximum absolute atomic E-state index is 12.4. The Bertz CT molecular complexity index is 850. The van der Waals surface area contributed by atoms with Crippen LogP contribution in [0.15, 0.2) is 52.9 Å². The molecule has 0 spiro atoms. The molecule has 0 aliphatic heterocycles. The zero-order valence-corrected chi connectivity index (χ0v) is 13.6. The van der Waals surface area contributed by atoms with E-state index in [1.807, 2.05) is 48.5 Å². The van der Waals surface area contributed by atoms with E-state index < -0.39 is 5.97 Å². The minimum Gasteiger partial charge on any atom is -0.497 e. The van der Waals surface area contributed by atoms with Crippen LogP contribution in [-0.4, -0.2) is 20.2 Å². The third-order valence-electron chi connectivity index (χ3n) is 3.68. The van der Waals surface area contributed by atoms with Gasteiger partial charge >= 0.3 is 5.97 Å². The van der Waals surface area contributed by atoms with Gasteiger partial charge in [0.05, 0.1) is 13.7 Å². The van der Waals surface area contributed by atoms with Gasteiger partial charge in [-0.2, -0.15) is 0 Å². The fourth-order valence-corrected chi connectivity index (χ4v) is 2.53. The molecule has 1 aromatic heterocycles. The highest BCUT2D eigenvalue weighted by Gasteiger charge is 2.21. The Morgan fingerprint density at radius 2 is 1.88 bits per heavy atom. The van der Waals surface area contributed by atoms with Crippen molar-refractivity contribution in [3.05, 3.63) is 65.4 Å². The molecule has 24 heavy (non-hydrogen) atoms. The number of benzene rings is 2. The quantitative estimate of drug-likeness (QED) is 0.642. The molecule has 0 unspecified atom stereocenters. The molecule has 0 saturated carbocycles. The molecule has 0 aliphatic rings. The number of methoxy groups -OCH3 is 2. The molecule has 0 amide bonds. The molecule has 0 atom stereocenters. The summed E-state index contributed by atoms with van der Waals surface area (Å²) in [7, 11) is 3.17. The zero-order chi connectivity index (χ0) is 16.9. The summed E-state index contributed by atoms with van der Waals surface area (Å²) >= 11 is 0. The number of hydrogen-bond acceptors (Lipinski definition) is 5. The highest BCUT2D eigenvalue weighted by Crippen LogP contribution is 2.27. The van der Waals surface area contributed by atoms with Crippen molar-refractivity contribution in [1.82, 2.24) is 0 Å². The monoisotopic (exact) mass is 326 g/mol. The first-order chi connectivity index (χ1) is 11.7. The fraction of sp³-hybridized carbons (Fsp3) is 0.211. The molecule has 1 heterocycles. The molecular formula is C19H18O5. The molecule has 5 nitrogen and oxygen atoms in total. The Morgan fingerprint density at radius 1 is 1.04 bits per heavy atom. The molecule has 0 bridgehead atoms. The Morgan fingerprint density at radius 3 is 2.67 bits per heavy atom. The van der Waals surface area contributed by atoms with E-state index in [1.54, 1.807) is 14.2 Å². The molecule has 3 rings (SSSR count). The molecule has 124 valence electrons. The normalized spacial score (nSPS) is 10.8. The van der Waals surface area contributed by atoms with Gasteiger partial charge in [-0.15, -0.1) is 0 Å². The number of carbonyl (C=O) groups excluding carboxylic acids is 1. The van der Waals surface area contributed by atoms with E-state index in [4.69, 9.17) is 18.6 Å². The summed E-state index contributed by atoms with van der Waals surface area (Å²) in [6, 6.07) is 14.8. The third kappa shape index (κ3) is 3.26. The van der Waals surface area contributed by atoms with Crippen molar-refractivity contribution >= 4 is 16.9 Å². The topological polar surface area (TPSA) is 57.9 Å². The SMILES string of the molecule is COCc1c(C(=O)OCc2cccc(OC)c2)oc2ccccc12. The number of hydrogen-bond donors (Lipinski definition) is 0. The van der Waals surface area contributed by atoms with Crippen molar-refractivity contribution in [3.63, 3.8) is 0 Å². The average Bonchev–Trinajstić information content (AvgIpc) is 2.99. The molecule has 2 aromatic carbocycles. The standard InChI is InChI=1S/C19H18O5/c1-21-12-16-15-8-3-4-9-17(15)24-18(16)19(20)23-11-13-6-5-7-14(10-13)22-2/h3-10H,11-12H2,1-2H3. The summed E-state index contributed by atoms with van der Waals surface area (Å²) in [5.41, 5.74) is 2.17. The molecule has 0 fully saturated rings. The highest BCUT2D eigenvalue weighted by atomic mass is 16.5. The van der Waals surface area contributed by atoms with Crippen LogP contribution in [0.1, 0.15) is 21.7 Å². The van der Waals surface area contributed by atoms with Crippen LogP contribution in [0.2, 0.25) is 0 Å². The zero-order valence-electron chi connectivity index (χ0n) is 13.6. The van der Waals surface area contributed by atoms with Gasteiger partial charge in [-0.25, -0.2) is 4.79 Å². The van der Waals surface area contributed by atoms with Gasteiger partial charge in [0.25, 0.3) is 0 Å². The molecule has 0 saturated heterocycles. The maximum Gasteiger partial charge on any atom is 0.374 e. The van der Waals surface area contributed by atoms with Crippen molar-refractivity contribution in [3.8, 4) is 5.75 Å². The number of carbonyl (C=O) groups is 1. The number of para-hydroxylation sites is 1. The maximum atomic E-state index is 12.4. The van der Waals surface area contributed by atoms with Crippen LogP contribution >= 0.6 is 0 Å². The second-order valence-electron chi connectivity index (χ2n) is 5.27. The van der Waals surface area contributed by atoms with E-state index in [9.17, 15) is 4.79 Å². The van der Waals surface area contributed by atoms with Crippen molar-refractivity contribution in [2.24, 2.45) is 0 Å². The van der Waals surface area contributed by atoms with Gasteiger partial charge in [0.2, 0.25) is 5.76 Å². The van der Waals surface area contributed by atoms with Crippen LogP contribution < -0.4 is 4.74 Å². The molecule has 3 aromatic rings. The molecule has 0 aliphatic carbocycles. The highest BCUT2D eigenvalue weighted by molar-refractivity contribution is 5.96. The predicted molar refractivity (Wildman–Crippen MR) is 89.0 cm³/mol. The lowest BCUT2D eigenvalue weighted by Crippen LogP contribution is -2.07. The van der Waals surface area contributed by atoms with Crippen molar-refractivity contribution in [2.45, 2.75) is 13.2 Å². The minimum absolute atomic E-state index is 0.138. The summed E-state index contributed by atoms with van der Waals surface area (Å²) in [5, 5.41) is 0.854. The predicted octanol–water partition coefficient (Wildman–Crippen LogP) is 3.94. The number of fused-ring (bicyclic) bond motifs is 1. The van der Waals surface area contributed by atoms with Crippen LogP contribution in [0, 0.1) is 0 Å². The van der Waals surface area contributed by atoms with Crippen molar-refractivity contribution in [2.75, 3.05) is 14.2 Å². The van der Waals surface area contributed by atoms with Gasteiger partial charge in [0.1, 0.15) is 17.9 Å². The molecule has 5 heteroatoms. The lowest BCUT2D eigenvalue weighted by Gasteiger charge is -2.06. The van der Waals surface area contributed by atoms with Crippen LogP contribution in [0.4, 0.5) is 0 Å². The number of esters is 1. The fourth-order valence-electron chi connectivity index (χ4n) is 2.53. The number of furan rings is 1. The Labute approximate surface area is 139 Å². The van der Waals surface area contributed by atoms with E-state index >= 15 is 0 Å². The molecule has 0 N–H and O–H groups in total. The van der Waals surface area contributed by atoms with E-state index in [1.165, 1.54) is 0 Å². The smallest absolute Gasteiger partial charge is 0.374 e. The molecular weight excluding hydrogens is 308 g/mol. The summed E-state index contributed by atoms with van der Waals surface area (Å²) in [6.45, 7) is 0.417. The van der Waals surface area contributed by atoms with E-state index in [0.717, 1.165) is 10.9 Å². The molecule has 0 radical (unpaired) electrons. The average molecular weight is 326 g/mol. The van der Waals surface area contributed by atoms with Crippen LogP contribution in [0.5, 0.6) is 5.75 Å². The van der Waals surface area contributed by atoms with Crippen LogP contribution in [-0.2, 0) is 22.7 Å². The third-order valence-corrected chi connectivity index (χ3v) is 3.68. The van der Waals surface area contributed by atoms with Gasteiger partial charge in [-0.3, -0.25) is 0 Å². The minimum atomic E-state index is -0.513. The second-order valence-corrected chi connectivity index (χ2v) is 5.27. The van der Waals surface area contributed by atoms with Gasteiger partial charge < -0.3 is 18.6 Å². The summed E-state index contributed by atoms with van der Waals surface area (Å²) in [5.74, 6) is 0.384. The first-order valence-corrected chi connectivity index (χ1v) is 7.52. The first kappa shape index (κ1) is 16.1. The van der Waals surface area contributed by atoms with Crippen molar-refractivity contribution < 1.29 is 23.4 Å². The lowest BCUT2D eigenvalue weighted by molar-refractivity contribution is 0.0432. The van der Waals surface area contributed by atoms with Crippen LogP contribution in [0.3, 0.4) is 0 Å². The Kier molecular flexibility index (Phi) is 4.82. The van der Waals surface area contributed by atoms with Gasteiger partial charge in [-0.1, -0.05) is 30.3 Å². The largest absolute Gasteiger partial charge is 0.497 e. The van der Waals surface area contributed by atoms with E-state index in [0.29, 0.717) is 16.9 Å². The second kappa shape index (κ2) is 7.19. The Balaban J connectivity index is 1.81. The van der Waals surface area contributed by atoms with Crippen LogP contribution in [0.25, 0.3) is 11.0 Å². The van der Waals surface area contributed by atoms with E-state index in [2.05, 4.69) is 0 Å². The van der Waals surface area contributed by atoms with Gasteiger partial charge in [0, 0.05) is 18.1 Å². The summed E-state index contributed by atoms with van der Waals surface area (Å²) < 4.78 is 21.4. The number of ether oxygens (including phenoxy) is 3. The van der Waals surface area contributed by atoms with Crippen molar-refractivity contribution in [1.29, 1.82) is 0 Å². The van der Waals surface area contributed by atoms with Gasteiger partial charge in [0.15, 0.2) is 0 Å². The Hall–Kier alpha value is -2.79. The van der Waals surface area contributed by atoms with E-state index in [-0.39, 0.29) is 19.0 Å². The van der Waals surface area contributed by atoms with Gasteiger partial charge in [-0.05, 0) is 23.8 Å². The lowest BCUT2D eigenvalue weighted by atomic mass is 10.1. The number of rotatable bonds is 6. The summed E-state index contributed by atoms with van der Waals surface area (Å²) in [4.78, 5) is 12.4. The first-order valence-electron chi connectivity index (χ1n) is 7.52.